The number of nitro groups is 1. The zero-order valence-corrected chi connectivity index (χ0v) is 14.5. The molecule has 24 heavy (non-hydrogen) atoms. The fourth-order valence-corrected chi connectivity index (χ4v) is 2.56. The zero-order chi connectivity index (χ0) is 18.0. The van der Waals surface area contributed by atoms with Crippen LogP contribution in [0.25, 0.3) is 0 Å². The van der Waals surface area contributed by atoms with Gasteiger partial charge >= 0.3 is 11.8 Å². The molecule has 0 bridgehead atoms. The lowest BCUT2D eigenvalue weighted by atomic mass is 9.89. The number of carbonyl (C=O) groups excluding carboxylic acids is 1. The summed E-state index contributed by atoms with van der Waals surface area (Å²) in [5.74, 6) is 0.260. The Bertz CT molecular complexity index is 619. The number of nitrogens with zero attached hydrogens (tertiary/aromatic N) is 3. The summed E-state index contributed by atoms with van der Waals surface area (Å²) in [5.41, 5.74) is -0.935. The number of carbonyl (C=O) groups is 1. The van der Waals surface area contributed by atoms with Crippen LogP contribution in [-0.4, -0.2) is 45.1 Å². The standard InChI is InChI=1S/C16H24N4O4/c1-15(2,3)24-14(21)19-10-7-16(4,8-11-19)18-13-12(20(22)23)6-5-9-17-13/h5-6,9H,7-8,10-11H2,1-4H3,(H,17,18). The second kappa shape index (κ2) is 6.62. The van der Waals surface area contributed by atoms with Gasteiger partial charge in [0, 0.05) is 30.9 Å². The Hall–Kier alpha value is -2.38. The van der Waals surface area contributed by atoms with Crippen molar-refractivity contribution in [3.63, 3.8) is 0 Å². The largest absolute Gasteiger partial charge is 0.444 e. The monoisotopic (exact) mass is 336 g/mol. The number of nitrogens with one attached hydrogen (secondary N) is 1. The van der Waals surface area contributed by atoms with Gasteiger partial charge in [-0.2, -0.15) is 0 Å². The second-order valence-corrected chi connectivity index (χ2v) is 7.28. The van der Waals surface area contributed by atoms with Gasteiger partial charge in [-0.15, -0.1) is 0 Å². The van der Waals surface area contributed by atoms with E-state index in [0.717, 1.165) is 0 Å². The molecule has 1 aliphatic heterocycles. The molecule has 1 aromatic heterocycles. The maximum atomic E-state index is 12.1. The van der Waals surface area contributed by atoms with Crippen LogP contribution in [0.1, 0.15) is 40.5 Å². The maximum Gasteiger partial charge on any atom is 0.410 e. The predicted octanol–water partition coefficient (Wildman–Crippen LogP) is 3.19. The van der Waals surface area contributed by atoms with Gasteiger partial charge < -0.3 is 15.0 Å². The van der Waals surface area contributed by atoms with E-state index in [4.69, 9.17) is 4.74 Å². The zero-order valence-electron chi connectivity index (χ0n) is 14.5. The molecule has 1 fully saturated rings. The fraction of sp³-hybridized carbons (Fsp3) is 0.625. The molecule has 1 saturated heterocycles. The third kappa shape index (κ3) is 4.56. The molecule has 0 spiro atoms. The number of amides is 1. The van der Waals surface area contributed by atoms with Crippen LogP contribution in [0.3, 0.4) is 0 Å². The van der Waals surface area contributed by atoms with Crippen molar-refractivity contribution in [3.8, 4) is 0 Å². The number of piperidine rings is 1. The molecule has 2 heterocycles. The Labute approximate surface area is 141 Å². The minimum Gasteiger partial charge on any atom is -0.444 e. The molecular formula is C16H24N4O4. The smallest absolute Gasteiger partial charge is 0.410 e. The molecule has 0 saturated carbocycles. The number of anilines is 1. The van der Waals surface area contributed by atoms with Crippen LogP contribution in [0, 0.1) is 10.1 Å². The molecule has 1 amide bonds. The van der Waals surface area contributed by atoms with Crippen molar-refractivity contribution >= 4 is 17.6 Å². The van der Waals surface area contributed by atoms with Gasteiger partial charge in [0.05, 0.1) is 4.92 Å². The van der Waals surface area contributed by atoms with E-state index in [2.05, 4.69) is 10.3 Å². The van der Waals surface area contributed by atoms with E-state index in [-0.39, 0.29) is 23.1 Å². The summed E-state index contributed by atoms with van der Waals surface area (Å²) in [4.78, 5) is 28.5. The third-order valence-corrected chi connectivity index (χ3v) is 3.92. The lowest BCUT2D eigenvalue weighted by Gasteiger charge is -2.40. The maximum absolute atomic E-state index is 12.1. The average Bonchev–Trinajstić information content (AvgIpc) is 2.46. The fourth-order valence-electron chi connectivity index (χ4n) is 2.56. The molecular weight excluding hydrogens is 312 g/mol. The van der Waals surface area contributed by atoms with Crippen LogP contribution in [-0.2, 0) is 4.74 Å². The minimum atomic E-state index is -0.523. The van der Waals surface area contributed by atoms with Crippen LogP contribution in [0.2, 0.25) is 0 Å². The SMILES string of the molecule is CC1(Nc2ncccc2[N+](=O)[O-])CCN(C(=O)OC(C)(C)C)CC1. The van der Waals surface area contributed by atoms with Gasteiger partial charge in [0.15, 0.2) is 0 Å². The summed E-state index contributed by atoms with van der Waals surface area (Å²) in [6.07, 6.45) is 2.50. The highest BCUT2D eigenvalue weighted by Gasteiger charge is 2.35. The summed E-state index contributed by atoms with van der Waals surface area (Å²) in [5, 5.41) is 14.3. The van der Waals surface area contributed by atoms with Gasteiger partial charge in [-0.1, -0.05) is 0 Å². The lowest BCUT2D eigenvalue weighted by Crippen LogP contribution is -2.50. The summed E-state index contributed by atoms with van der Waals surface area (Å²) < 4.78 is 5.38. The molecule has 0 aliphatic carbocycles. The van der Waals surface area contributed by atoms with E-state index >= 15 is 0 Å². The van der Waals surface area contributed by atoms with Crippen molar-refractivity contribution in [3.05, 3.63) is 28.4 Å². The number of ether oxygens (including phenoxy) is 1. The molecule has 8 nitrogen and oxygen atoms in total. The first kappa shape index (κ1) is 18.0. The molecule has 0 aromatic carbocycles. The number of hydrogen-bond acceptors (Lipinski definition) is 6. The van der Waals surface area contributed by atoms with Gasteiger partial charge in [-0.05, 0) is 46.6 Å². The lowest BCUT2D eigenvalue weighted by molar-refractivity contribution is -0.384. The van der Waals surface area contributed by atoms with E-state index in [9.17, 15) is 14.9 Å². The van der Waals surface area contributed by atoms with Gasteiger partial charge in [0.1, 0.15) is 5.60 Å². The van der Waals surface area contributed by atoms with Crippen molar-refractivity contribution in [2.45, 2.75) is 51.7 Å². The molecule has 0 atom stereocenters. The summed E-state index contributed by atoms with van der Waals surface area (Å²) >= 11 is 0. The highest BCUT2D eigenvalue weighted by atomic mass is 16.6. The van der Waals surface area contributed by atoms with Gasteiger partial charge in [0.25, 0.3) is 0 Å². The van der Waals surface area contributed by atoms with Crippen LogP contribution < -0.4 is 5.32 Å². The molecule has 1 N–H and O–H groups in total. The summed E-state index contributed by atoms with van der Waals surface area (Å²) in [6.45, 7) is 8.54. The predicted molar refractivity (Wildman–Crippen MR) is 90.0 cm³/mol. The third-order valence-electron chi connectivity index (χ3n) is 3.92. The van der Waals surface area contributed by atoms with Crippen molar-refractivity contribution in [2.75, 3.05) is 18.4 Å². The topological polar surface area (TPSA) is 97.6 Å². The Kier molecular flexibility index (Phi) is 4.96. The molecule has 132 valence electrons. The van der Waals surface area contributed by atoms with Gasteiger partial charge in [-0.25, -0.2) is 9.78 Å². The van der Waals surface area contributed by atoms with Gasteiger partial charge in [-0.3, -0.25) is 10.1 Å². The van der Waals surface area contributed by atoms with Crippen molar-refractivity contribution in [2.24, 2.45) is 0 Å². The number of likely N-dealkylation sites (tertiary alicyclic amines) is 1. The van der Waals surface area contributed by atoms with Crippen LogP contribution >= 0.6 is 0 Å². The normalized spacial score (nSPS) is 17.2. The molecule has 2 rings (SSSR count). The quantitative estimate of drug-likeness (QED) is 0.672. The van der Waals surface area contributed by atoms with E-state index < -0.39 is 10.5 Å². The molecule has 1 aliphatic rings. The van der Waals surface area contributed by atoms with Crippen LogP contribution in [0.15, 0.2) is 18.3 Å². The first-order chi connectivity index (χ1) is 11.1. The van der Waals surface area contributed by atoms with Crippen LogP contribution in [0.4, 0.5) is 16.3 Å². The average molecular weight is 336 g/mol. The molecule has 1 aromatic rings. The van der Waals surface area contributed by atoms with Crippen molar-refractivity contribution in [1.29, 1.82) is 0 Å². The Morgan fingerprint density at radius 3 is 2.58 bits per heavy atom. The molecule has 0 radical (unpaired) electrons. The second-order valence-electron chi connectivity index (χ2n) is 7.28. The first-order valence-electron chi connectivity index (χ1n) is 7.95. The van der Waals surface area contributed by atoms with E-state index in [1.54, 1.807) is 4.90 Å². The Morgan fingerprint density at radius 1 is 1.42 bits per heavy atom. The Morgan fingerprint density at radius 2 is 2.04 bits per heavy atom. The molecule has 0 unspecified atom stereocenters. The number of pyridine rings is 1. The van der Waals surface area contributed by atoms with Crippen molar-refractivity contribution in [1.82, 2.24) is 9.88 Å². The Balaban J connectivity index is 2.00. The van der Waals surface area contributed by atoms with E-state index in [1.807, 2.05) is 27.7 Å². The highest BCUT2D eigenvalue weighted by molar-refractivity contribution is 5.68. The number of aromatic nitrogens is 1. The van der Waals surface area contributed by atoms with E-state index in [0.29, 0.717) is 25.9 Å². The highest BCUT2D eigenvalue weighted by Crippen LogP contribution is 2.30. The minimum absolute atomic E-state index is 0.0479. The summed E-state index contributed by atoms with van der Waals surface area (Å²) in [6, 6.07) is 2.96. The number of rotatable bonds is 3. The van der Waals surface area contributed by atoms with E-state index in [1.165, 1.54) is 18.3 Å². The molecule has 8 heteroatoms. The number of hydrogen-bond donors (Lipinski definition) is 1. The summed E-state index contributed by atoms with van der Waals surface area (Å²) in [7, 11) is 0. The van der Waals surface area contributed by atoms with Crippen molar-refractivity contribution < 1.29 is 14.5 Å². The van der Waals surface area contributed by atoms with Gasteiger partial charge in [0.2, 0.25) is 5.82 Å². The van der Waals surface area contributed by atoms with Crippen LogP contribution in [0.5, 0.6) is 0 Å². The first-order valence-corrected chi connectivity index (χ1v) is 7.95.